The number of aromatic nitrogens is 2. The van der Waals surface area contributed by atoms with Crippen LogP contribution in [0.1, 0.15) is 47.2 Å². The van der Waals surface area contributed by atoms with E-state index in [4.69, 9.17) is 16.8 Å². The number of nitrogens with zero attached hydrogens (tertiary/aromatic N) is 2. The van der Waals surface area contributed by atoms with Gasteiger partial charge in [0, 0.05) is 35.5 Å². The maximum absolute atomic E-state index is 11.5. The van der Waals surface area contributed by atoms with Crippen LogP contribution in [0.4, 0.5) is 0 Å². The third-order valence-corrected chi connectivity index (χ3v) is 9.00. The van der Waals surface area contributed by atoms with Crippen LogP contribution in [0.5, 0.6) is 0 Å². The van der Waals surface area contributed by atoms with E-state index in [0.29, 0.717) is 17.2 Å². The summed E-state index contributed by atoms with van der Waals surface area (Å²) in [5, 5.41) is 20.5. The van der Waals surface area contributed by atoms with Crippen molar-refractivity contribution < 1.29 is 19.8 Å². The maximum atomic E-state index is 11.5. The highest BCUT2D eigenvalue weighted by Crippen LogP contribution is 2.67. The number of aliphatic carboxylic acids is 1. The Morgan fingerprint density at radius 1 is 1.23 bits per heavy atom. The Hall–Kier alpha value is -2.71. The van der Waals surface area contributed by atoms with E-state index in [1.807, 2.05) is 29.8 Å². The second-order valence-electron chi connectivity index (χ2n) is 7.40. The Morgan fingerprint density at radius 3 is 2.55 bits per heavy atom. The molecule has 0 bridgehead atoms. The van der Waals surface area contributed by atoms with Gasteiger partial charge in [0.15, 0.2) is 0 Å². The molecule has 0 amide bonds. The van der Waals surface area contributed by atoms with Crippen molar-refractivity contribution in [2.75, 3.05) is 0 Å². The number of benzene rings is 1. The molecule has 2 heterocycles. The lowest BCUT2D eigenvalue weighted by Crippen LogP contribution is -2.12. The second kappa shape index (κ2) is 9.62. The van der Waals surface area contributed by atoms with Gasteiger partial charge >= 0.3 is 11.9 Å². The van der Waals surface area contributed by atoms with Gasteiger partial charge in [-0.3, -0.25) is 0 Å². The van der Waals surface area contributed by atoms with E-state index in [2.05, 4.69) is 23.1 Å². The summed E-state index contributed by atoms with van der Waals surface area (Å²) in [4.78, 5) is 27.9. The van der Waals surface area contributed by atoms with Gasteiger partial charge in [-0.05, 0) is 35.6 Å². The van der Waals surface area contributed by atoms with Crippen LogP contribution in [0, 0.1) is 0 Å². The third kappa shape index (κ3) is 5.14. The summed E-state index contributed by atoms with van der Waals surface area (Å²) in [6, 6.07) is 6.83. The van der Waals surface area contributed by atoms with Gasteiger partial charge in [0.05, 0.1) is 11.1 Å². The largest absolute Gasteiger partial charge is 0.478 e. The standard InChI is InChI=1S/C23H26N2O4S2/c1-3-4-7-21-24-13-19(15-31(30)12-5-6-20(31)16(2)22(26)27)25(21)14-17-8-10-18(11-9-17)23(28)29/h5-6,8-13,30H,2-4,7,14-15H2,1H3,(H,26,27)(H,28,29). The molecular formula is C23H26N2O4S2. The first-order valence-corrected chi connectivity index (χ1v) is 12.9. The van der Waals surface area contributed by atoms with Gasteiger partial charge in [0.1, 0.15) is 5.82 Å². The van der Waals surface area contributed by atoms with Crippen LogP contribution in [-0.2, 0) is 23.5 Å². The molecule has 1 aliphatic rings. The highest BCUT2D eigenvalue weighted by molar-refractivity contribution is 8.90. The molecule has 3 rings (SSSR count). The fourth-order valence-corrected chi connectivity index (χ4v) is 6.82. The Labute approximate surface area is 188 Å². The fraction of sp³-hybridized carbons (Fsp3) is 0.261. The van der Waals surface area contributed by atoms with Crippen LogP contribution in [0.25, 0.3) is 0 Å². The van der Waals surface area contributed by atoms with Crippen LogP contribution in [0.3, 0.4) is 0 Å². The number of hydrogen-bond acceptors (Lipinski definition) is 4. The number of hydrogen-bond donors (Lipinski definition) is 3. The van der Waals surface area contributed by atoms with Crippen molar-refractivity contribution in [2.24, 2.45) is 0 Å². The summed E-state index contributed by atoms with van der Waals surface area (Å²) >= 11 is 4.91. The summed E-state index contributed by atoms with van der Waals surface area (Å²) in [6.07, 6.45) is 8.35. The van der Waals surface area contributed by atoms with Crippen molar-refractivity contribution in [3.8, 4) is 0 Å². The summed E-state index contributed by atoms with van der Waals surface area (Å²) < 4.78 is 2.14. The Balaban J connectivity index is 1.92. The van der Waals surface area contributed by atoms with Gasteiger partial charge in [-0.25, -0.2) is 14.6 Å². The summed E-state index contributed by atoms with van der Waals surface area (Å²) in [7, 11) is -1.83. The highest BCUT2D eigenvalue weighted by atomic mass is 33.1. The first kappa shape index (κ1) is 23.0. The zero-order valence-electron chi connectivity index (χ0n) is 17.3. The van der Waals surface area contributed by atoms with Crippen molar-refractivity contribution in [1.29, 1.82) is 0 Å². The first-order valence-electron chi connectivity index (χ1n) is 9.95. The van der Waals surface area contributed by atoms with E-state index in [1.165, 1.54) is 0 Å². The first-order chi connectivity index (χ1) is 14.7. The molecule has 31 heavy (non-hydrogen) atoms. The molecule has 0 fully saturated rings. The minimum Gasteiger partial charge on any atom is -0.478 e. The van der Waals surface area contributed by atoms with Crippen LogP contribution >= 0.6 is 20.7 Å². The fourth-order valence-electron chi connectivity index (χ4n) is 3.45. The summed E-state index contributed by atoms with van der Waals surface area (Å²) in [5.74, 6) is -0.501. The number of aryl methyl sites for hydroxylation is 1. The normalized spacial score (nSPS) is 19.6. The lowest BCUT2D eigenvalue weighted by molar-refractivity contribution is -0.132. The monoisotopic (exact) mass is 458 g/mol. The molecule has 0 aliphatic carbocycles. The van der Waals surface area contributed by atoms with Gasteiger partial charge in [0.2, 0.25) is 0 Å². The highest BCUT2D eigenvalue weighted by Gasteiger charge is 2.31. The molecule has 8 heteroatoms. The Kier molecular flexibility index (Phi) is 7.12. The molecule has 0 radical (unpaired) electrons. The zero-order chi connectivity index (χ0) is 22.6. The number of carbonyl (C=O) groups is 2. The van der Waals surface area contributed by atoms with E-state index >= 15 is 0 Å². The average molecular weight is 459 g/mol. The quantitative estimate of drug-likeness (QED) is 0.259. The molecule has 0 saturated heterocycles. The molecule has 1 unspecified atom stereocenters. The number of allylic oxidation sites excluding steroid dienone is 2. The minimum atomic E-state index is -1.83. The SMILES string of the molecule is C=C(C(=O)O)C1=CC=CS1(S)Cc1cnc(CCCC)n1Cc1ccc(C(=O)O)cc1. The molecule has 2 aromatic rings. The van der Waals surface area contributed by atoms with Crippen molar-refractivity contribution in [3.05, 3.63) is 87.7 Å². The van der Waals surface area contributed by atoms with Crippen molar-refractivity contribution >= 4 is 32.7 Å². The molecule has 1 aromatic heterocycles. The topological polar surface area (TPSA) is 92.4 Å². The van der Waals surface area contributed by atoms with Gasteiger partial charge in [-0.2, -0.15) is 0 Å². The van der Waals surface area contributed by atoms with Gasteiger partial charge in [0.25, 0.3) is 0 Å². The second-order valence-corrected chi connectivity index (χ2v) is 11.9. The number of carboxylic acids is 2. The van der Waals surface area contributed by atoms with E-state index in [0.717, 1.165) is 36.3 Å². The Morgan fingerprint density at radius 2 is 1.94 bits per heavy atom. The molecule has 164 valence electrons. The molecule has 1 aromatic carbocycles. The van der Waals surface area contributed by atoms with E-state index in [-0.39, 0.29) is 11.1 Å². The number of aromatic carboxylic acids is 1. The lowest BCUT2D eigenvalue weighted by atomic mass is 10.1. The summed E-state index contributed by atoms with van der Waals surface area (Å²) in [5.41, 5.74) is 2.25. The number of thiol groups is 1. The maximum Gasteiger partial charge on any atom is 0.336 e. The van der Waals surface area contributed by atoms with Gasteiger partial charge in [-0.15, -0.1) is 20.7 Å². The van der Waals surface area contributed by atoms with E-state index in [9.17, 15) is 14.7 Å². The van der Waals surface area contributed by atoms with Crippen LogP contribution in [-0.4, -0.2) is 31.7 Å². The van der Waals surface area contributed by atoms with Gasteiger partial charge < -0.3 is 14.8 Å². The predicted molar refractivity (Wildman–Crippen MR) is 128 cm³/mol. The van der Waals surface area contributed by atoms with Gasteiger partial charge in [-0.1, -0.05) is 38.1 Å². The van der Waals surface area contributed by atoms with Crippen LogP contribution < -0.4 is 0 Å². The third-order valence-electron chi connectivity index (χ3n) is 5.17. The predicted octanol–water partition coefficient (Wildman–Crippen LogP) is 5.17. The number of carboxylic acid groups (broad SMARTS) is 2. The van der Waals surface area contributed by atoms with Crippen LogP contribution in [0.15, 0.2) is 65.1 Å². The Bertz CT molecular complexity index is 1070. The lowest BCUT2D eigenvalue weighted by Gasteiger charge is -2.31. The average Bonchev–Trinajstić information content (AvgIpc) is 3.29. The molecule has 2 N–H and O–H groups in total. The zero-order valence-corrected chi connectivity index (χ0v) is 19.0. The molecule has 1 aliphatic heterocycles. The molecule has 1 atom stereocenters. The smallest absolute Gasteiger partial charge is 0.336 e. The van der Waals surface area contributed by atoms with Crippen molar-refractivity contribution in [2.45, 2.75) is 38.5 Å². The van der Waals surface area contributed by atoms with E-state index < -0.39 is 21.0 Å². The van der Waals surface area contributed by atoms with E-state index in [1.54, 1.807) is 18.2 Å². The molecule has 0 saturated carbocycles. The van der Waals surface area contributed by atoms with Crippen LogP contribution in [0.2, 0.25) is 0 Å². The molecule has 6 nitrogen and oxygen atoms in total. The number of unbranched alkanes of at least 4 members (excludes halogenated alkanes) is 1. The number of imidazole rings is 1. The molecular weight excluding hydrogens is 432 g/mol. The molecule has 0 spiro atoms. The van der Waals surface area contributed by atoms with Crippen molar-refractivity contribution in [3.63, 3.8) is 0 Å². The minimum absolute atomic E-state index is 0.0662. The summed E-state index contributed by atoms with van der Waals surface area (Å²) in [6.45, 7) is 6.41. The van der Waals surface area contributed by atoms with Crippen molar-refractivity contribution in [1.82, 2.24) is 9.55 Å². The number of rotatable bonds is 10.